The molecule has 0 unspecified atom stereocenters. The van der Waals surface area contributed by atoms with Gasteiger partial charge in [-0.1, -0.05) is 18.2 Å². The van der Waals surface area contributed by atoms with E-state index in [1.165, 1.54) is 38.1 Å². The number of imide groups is 1. The van der Waals surface area contributed by atoms with Gasteiger partial charge in [-0.3, -0.25) is 29.4 Å². The number of nitrogens with zero attached hydrogens (tertiary/aromatic N) is 2. The van der Waals surface area contributed by atoms with Crippen LogP contribution in [-0.2, 0) is 23.9 Å². The zero-order chi connectivity index (χ0) is 22.0. The number of nitro groups is 1. The van der Waals surface area contributed by atoms with E-state index in [1.54, 1.807) is 0 Å². The largest absolute Gasteiger partial charge is 0.451 e. The minimum atomic E-state index is -1.24. The molecule has 1 heterocycles. The van der Waals surface area contributed by atoms with E-state index < -0.39 is 52.6 Å². The first-order chi connectivity index (χ1) is 14.2. The topological polar surface area (TPSA) is 136 Å². The van der Waals surface area contributed by atoms with Crippen molar-refractivity contribution < 1.29 is 28.8 Å². The summed E-state index contributed by atoms with van der Waals surface area (Å²) < 4.78 is 5.14. The Bertz CT molecular complexity index is 916. The molecular formula is C20H21N3O7. The van der Waals surface area contributed by atoms with Gasteiger partial charge in [0.2, 0.25) is 11.8 Å². The summed E-state index contributed by atoms with van der Waals surface area (Å²) >= 11 is 0. The third-order valence-corrected chi connectivity index (χ3v) is 5.26. The molecule has 1 aliphatic carbocycles. The Morgan fingerprint density at radius 1 is 1.17 bits per heavy atom. The highest BCUT2D eigenvalue weighted by molar-refractivity contribution is 6.08. The number of non-ortho nitro benzene ring substituents is 1. The van der Waals surface area contributed by atoms with Crippen LogP contribution in [0.4, 0.5) is 11.4 Å². The fraction of sp³-hybridized carbons (Fsp3) is 0.400. The van der Waals surface area contributed by atoms with Gasteiger partial charge in [0.1, 0.15) is 6.04 Å². The number of amides is 3. The number of anilines is 1. The van der Waals surface area contributed by atoms with Crippen LogP contribution in [0.25, 0.3) is 0 Å². The second kappa shape index (κ2) is 8.44. The number of likely N-dealkylation sites (tertiary alicyclic amines) is 1. The summed E-state index contributed by atoms with van der Waals surface area (Å²) in [5.41, 5.74) is -0.0280. The molecule has 10 nitrogen and oxygen atoms in total. The molecule has 1 fully saturated rings. The molecule has 0 radical (unpaired) electrons. The molecule has 158 valence electrons. The van der Waals surface area contributed by atoms with Crippen molar-refractivity contribution in [1.82, 2.24) is 4.90 Å². The molecule has 0 aromatic heterocycles. The van der Waals surface area contributed by atoms with Gasteiger partial charge in [0.05, 0.1) is 16.8 Å². The lowest BCUT2D eigenvalue weighted by Gasteiger charge is -2.23. The van der Waals surface area contributed by atoms with Crippen LogP contribution in [0.5, 0.6) is 0 Å². The zero-order valence-corrected chi connectivity index (χ0v) is 16.4. The van der Waals surface area contributed by atoms with E-state index in [4.69, 9.17) is 4.74 Å². The molecule has 30 heavy (non-hydrogen) atoms. The minimum absolute atomic E-state index is 0.173. The van der Waals surface area contributed by atoms with E-state index in [0.29, 0.717) is 12.8 Å². The van der Waals surface area contributed by atoms with E-state index >= 15 is 0 Å². The molecule has 4 atom stereocenters. The van der Waals surface area contributed by atoms with Crippen molar-refractivity contribution in [2.75, 3.05) is 5.32 Å². The molecule has 0 spiro atoms. The van der Waals surface area contributed by atoms with Gasteiger partial charge in [0, 0.05) is 17.8 Å². The molecule has 1 saturated heterocycles. The molecule has 0 bridgehead atoms. The summed E-state index contributed by atoms with van der Waals surface area (Å²) in [5, 5.41) is 13.3. The van der Waals surface area contributed by atoms with E-state index in [-0.39, 0.29) is 11.4 Å². The summed E-state index contributed by atoms with van der Waals surface area (Å²) in [6, 6.07) is 4.15. The molecule has 0 saturated carbocycles. The minimum Gasteiger partial charge on any atom is -0.451 e. The lowest BCUT2D eigenvalue weighted by Crippen LogP contribution is -2.46. The number of hydrogen-bond acceptors (Lipinski definition) is 7. The summed E-state index contributed by atoms with van der Waals surface area (Å²) in [6.07, 6.45) is 3.36. The van der Waals surface area contributed by atoms with Gasteiger partial charge >= 0.3 is 5.97 Å². The van der Waals surface area contributed by atoms with Crippen LogP contribution in [0.15, 0.2) is 36.4 Å². The van der Waals surface area contributed by atoms with Crippen LogP contribution in [0, 0.1) is 22.0 Å². The number of esters is 1. The van der Waals surface area contributed by atoms with Crippen molar-refractivity contribution in [1.29, 1.82) is 0 Å². The number of nitro benzene ring substituents is 1. The summed E-state index contributed by atoms with van der Waals surface area (Å²) in [6.45, 7) is 2.71. The van der Waals surface area contributed by atoms with E-state index in [0.717, 1.165) is 4.90 Å². The number of carbonyl (C=O) groups excluding carboxylic acids is 4. The first-order valence-electron chi connectivity index (χ1n) is 9.48. The van der Waals surface area contributed by atoms with Crippen molar-refractivity contribution in [3.05, 3.63) is 46.5 Å². The maximum atomic E-state index is 12.6. The first-order valence-corrected chi connectivity index (χ1v) is 9.48. The van der Waals surface area contributed by atoms with Gasteiger partial charge in [0.15, 0.2) is 6.10 Å². The Kier molecular flexibility index (Phi) is 5.95. The number of ether oxygens (including phenoxy) is 1. The summed E-state index contributed by atoms with van der Waals surface area (Å²) in [7, 11) is 0. The Labute approximate surface area is 172 Å². The maximum Gasteiger partial charge on any atom is 0.329 e. The predicted octanol–water partition coefficient (Wildman–Crippen LogP) is 1.80. The second-order valence-electron chi connectivity index (χ2n) is 7.25. The molecule has 2 aliphatic rings. The lowest BCUT2D eigenvalue weighted by molar-refractivity contribution is -0.384. The van der Waals surface area contributed by atoms with E-state index in [2.05, 4.69) is 5.32 Å². The van der Waals surface area contributed by atoms with Crippen molar-refractivity contribution in [3.63, 3.8) is 0 Å². The van der Waals surface area contributed by atoms with Gasteiger partial charge < -0.3 is 10.1 Å². The highest BCUT2D eigenvalue weighted by Gasteiger charge is 2.50. The molecule has 1 aliphatic heterocycles. The number of rotatable bonds is 6. The van der Waals surface area contributed by atoms with Gasteiger partial charge in [-0.25, -0.2) is 4.79 Å². The van der Waals surface area contributed by atoms with Crippen LogP contribution in [0.3, 0.4) is 0 Å². The lowest BCUT2D eigenvalue weighted by atomic mass is 9.85. The van der Waals surface area contributed by atoms with Crippen molar-refractivity contribution >= 4 is 35.1 Å². The van der Waals surface area contributed by atoms with E-state index in [9.17, 15) is 29.3 Å². The smallest absolute Gasteiger partial charge is 0.329 e. The SMILES string of the molecule is C[C@H](OC(=O)[C@H](C)N1C(=O)[C@H]2CC=CC[C@@H]2C1=O)C(=O)Nc1cccc([N+](=O)[O-])c1. The van der Waals surface area contributed by atoms with Crippen LogP contribution < -0.4 is 5.32 Å². The molecule has 3 rings (SSSR count). The molecule has 1 N–H and O–H groups in total. The monoisotopic (exact) mass is 415 g/mol. The van der Waals surface area contributed by atoms with Gasteiger partial charge in [-0.2, -0.15) is 0 Å². The van der Waals surface area contributed by atoms with Gasteiger partial charge in [0.25, 0.3) is 11.6 Å². The Morgan fingerprint density at radius 3 is 2.33 bits per heavy atom. The Morgan fingerprint density at radius 2 is 1.77 bits per heavy atom. The summed E-state index contributed by atoms with van der Waals surface area (Å²) in [5.74, 6) is -3.34. The summed E-state index contributed by atoms with van der Waals surface area (Å²) in [4.78, 5) is 61.1. The Balaban J connectivity index is 1.61. The fourth-order valence-electron chi connectivity index (χ4n) is 3.58. The third-order valence-electron chi connectivity index (χ3n) is 5.26. The average molecular weight is 415 g/mol. The first kappa shape index (κ1) is 21.2. The number of allylic oxidation sites excluding steroid dienone is 2. The second-order valence-corrected chi connectivity index (χ2v) is 7.25. The molecule has 1 aromatic rings. The average Bonchev–Trinajstić information content (AvgIpc) is 2.98. The van der Waals surface area contributed by atoms with Crippen LogP contribution in [0.2, 0.25) is 0 Å². The van der Waals surface area contributed by atoms with Crippen LogP contribution in [0.1, 0.15) is 26.7 Å². The van der Waals surface area contributed by atoms with E-state index in [1.807, 2.05) is 12.2 Å². The zero-order valence-electron chi connectivity index (χ0n) is 16.4. The number of fused-ring (bicyclic) bond motifs is 1. The number of benzene rings is 1. The molecular weight excluding hydrogens is 394 g/mol. The highest BCUT2D eigenvalue weighted by atomic mass is 16.6. The highest BCUT2D eigenvalue weighted by Crippen LogP contribution is 2.36. The van der Waals surface area contributed by atoms with Crippen molar-refractivity contribution in [3.8, 4) is 0 Å². The predicted molar refractivity (Wildman–Crippen MR) is 104 cm³/mol. The number of nitrogens with one attached hydrogen (secondary N) is 1. The van der Waals surface area contributed by atoms with Crippen molar-refractivity contribution in [2.24, 2.45) is 11.8 Å². The molecule has 3 amide bonds. The Hall–Kier alpha value is -3.56. The standard InChI is InChI=1S/C20H21N3O7/c1-11(22-18(25)15-8-3-4-9-16(15)19(22)26)20(27)30-12(2)17(24)21-13-6-5-7-14(10-13)23(28)29/h3-7,10-12,15-16H,8-9H2,1-2H3,(H,21,24)/t11-,12-,15-,16-/m0/s1. The maximum absolute atomic E-state index is 12.6. The fourth-order valence-corrected chi connectivity index (χ4v) is 3.58. The van der Waals surface area contributed by atoms with Crippen LogP contribution >= 0.6 is 0 Å². The number of hydrogen-bond donors (Lipinski definition) is 1. The van der Waals surface area contributed by atoms with Gasteiger partial charge in [-0.05, 0) is 32.8 Å². The van der Waals surface area contributed by atoms with Crippen molar-refractivity contribution in [2.45, 2.75) is 38.8 Å². The number of carbonyl (C=O) groups is 4. The molecule has 10 heteroatoms. The molecule has 1 aromatic carbocycles. The third kappa shape index (κ3) is 4.07. The van der Waals surface area contributed by atoms with Crippen LogP contribution in [-0.4, -0.2) is 45.7 Å². The normalized spacial score (nSPS) is 22.3. The quantitative estimate of drug-likeness (QED) is 0.246. The van der Waals surface area contributed by atoms with Gasteiger partial charge in [-0.15, -0.1) is 0 Å².